The minimum Gasteiger partial charge on any atom is -0.389 e. The van der Waals surface area contributed by atoms with Crippen LogP contribution in [-0.2, 0) is 4.74 Å². The molecule has 2 fully saturated rings. The van der Waals surface area contributed by atoms with Gasteiger partial charge in [0.2, 0.25) is 0 Å². The van der Waals surface area contributed by atoms with Crippen LogP contribution in [-0.4, -0.2) is 36.0 Å². The second-order valence-corrected chi connectivity index (χ2v) is 5.26. The quantitative estimate of drug-likeness (QED) is 0.707. The molecule has 0 aromatic heterocycles. The summed E-state index contributed by atoms with van der Waals surface area (Å²) in [5, 5.41) is 13.0. The van der Waals surface area contributed by atoms with Crippen LogP contribution in [0, 0.1) is 5.92 Å². The fraction of sp³-hybridized carbons (Fsp3) is 1.00. The van der Waals surface area contributed by atoms with E-state index in [2.05, 4.69) is 5.32 Å². The van der Waals surface area contributed by atoms with Gasteiger partial charge >= 0.3 is 0 Å². The molecule has 2 unspecified atom stereocenters. The van der Waals surface area contributed by atoms with E-state index < -0.39 is 5.60 Å². The molecule has 2 rings (SSSR count). The van der Waals surface area contributed by atoms with Gasteiger partial charge < -0.3 is 15.2 Å². The predicted molar refractivity (Wildman–Crippen MR) is 55.2 cm³/mol. The van der Waals surface area contributed by atoms with Crippen LogP contribution in [0.4, 0.5) is 0 Å². The van der Waals surface area contributed by atoms with Crippen LogP contribution in [0.25, 0.3) is 0 Å². The summed E-state index contributed by atoms with van der Waals surface area (Å²) in [5.41, 5.74) is -0.614. The Morgan fingerprint density at radius 1 is 1.36 bits per heavy atom. The number of aliphatic hydroxyl groups is 1. The van der Waals surface area contributed by atoms with Crippen LogP contribution in [0.5, 0.6) is 0 Å². The third kappa shape index (κ3) is 2.69. The standard InChI is InChI=1S/C11H21NO2/c1-11(2,13)7-12-9-5-6-14-10(9)8-3-4-8/h8-10,12-13H,3-7H2,1-2H3. The molecule has 1 heterocycles. The van der Waals surface area contributed by atoms with E-state index in [1.807, 2.05) is 13.8 Å². The van der Waals surface area contributed by atoms with Crippen LogP contribution in [0.2, 0.25) is 0 Å². The third-order valence-corrected chi connectivity index (χ3v) is 3.02. The summed E-state index contributed by atoms with van der Waals surface area (Å²) in [6.45, 7) is 5.21. The molecule has 0 amide bonds. The molecule has 0 spiro atoms. The highest BCUT2D eigenvalue weighted by Gasteiger charge is 2.40. The number of nitrogens with one attached hydrogen (secondary N) is 1. The van der Waals surface area contributed by atoms with Gasteiger partial charge in [0.25, 0.3) is 0 Å². The van der Waals surface area contributed by atoms with Crippen molar-refractivity contribution in [2.45, 2.75) is 50.9 Å². The number of rotatable bonds is 4. The molecule has 3 nitrogen and oxygen atoms in total. The van der Waals surface area contributed by atoms with Crippen molar-refractivity contribution in [1.82, 2.24) is 5.32 Å². The molecule has 14 heavy (non-hydrogen) atoms. The van der Waals surface area contributed by atoms with Crippen molar-refractivity contribution in [3.05, 3.63) is 0 Å². The van der Waals surface area contributed by atoms with Gasteiger partial charge in [0.15, 0.2) is 0 Å². The summed E-state index contributed by atoms with van der Waals surface area (Å²) < 4.78 is 5.71. The second kappa shape index (κ2) is 3.80. The lowest BCUT2D eigenvalue weighted by Gasteiger charge is -2.24. The lowest BCUT2D eigenvalue weighted by molar-refractivity contribution is 0.0574. The van der Waals surface area contributed by atoms with Crippen molar-refractivity contribution in [2.24, 2.45) is 5.92 Å². The van der Waals surface area contributed by atoms with Crippen molar-refractivity contribution in [3.8, 4) is 0 Å². The summed E-state index contributed by atoms with van der Waals surface area (Å²) in [7, 11) is 0. The smallest absolute Gasteiger partial charge is 0.0756 e. The lowest BCUT2D eigenvalue weighted by atomic mass is 10.0. The average molecular weight is 199 g/mol. The second-order valence-electron chi connectivity index (χ2n) is 5.26. The highest BCUT2D eigenvalue weighted by Crippen LogP contribution is 2.38. The molecule has 1 saturated carbocycles. The molecule has 1 aliphatic carbocycles. The molecule has 0 bridgehead atoms. The first-order valence-corrected chi connectivity index (χ1v) is 5.64. The van der Waals surface area contributed by atoms with Crippen LogP contribution < -0.4 is 5.32 Å². The topological polar surface area (TPSA) is 41.5 Å². The molecule has 3 heteroatoms. The maximum Gasteiger partial charge on any atom is 0.0756 e. The largest absolute Gasteiger partial charge is 0.389 e. The van der Waals surface area contributed by atoms with E-state index in [4.69, 9.17) is 4.74 Å². The predicted octanol–water partition coefficient (Wildman–Crippen LogP) is 0.914. The van der Waals surface area contributed by atoms with Crippen LogP contribution in [0.15, 0.2) is 0 Å². The molecule has 2 N–H and O–H groups in total. The molecule has 0 aromatic carbocycles. The minimum atomic E-state index is -0.614. The fourth-order valence-electron chi connectivity index (χ4n) is 2.10. The van der Waals surface area contributed by atoms with Gasteiger partial charge in [0, 0.05) is 19.2 Å². The van der Waals surface area contributed by atoms with Crippen LogP contribution in [0.3, 0.4) is 0 Å². The Hall–Kier alpha value is -0.120. The number of hydrogen-bond acceptors (Lipinski definition) is 3. The van der Waals surface area contributed by atoms with Crippen molar-refractivity contribution in [2.75, 3.05) is 13.2 Å². The summed E-state index contributed by atoms with van der Waals surface area (Å²) in [5.74, 6) is 0.789. The molecule has 82 valence electrons. The van der Waals surface area contributed by atoms with E-state index in [0.717, 1.165) is 18.9 Å². The normalized spacial score (nSPS) is 33.6. The molecular weight excluding hydrogens is 178 g/mol. The first-order valence-electron chi connectivity index (χ1n) is 5.64. The van der Waals surface area contributed by atoms with Gasteiger partial charge in [-0.15, -0.1) is 0 Å². The van der Waals surface area contributed by atoms with Gasteiger partial charge in [-0.2, -0.15) is 0 Å². The monoisotopic (exact) mass is 199 g/mol. The molecule has 1 aliphatic heterocycles. The zero-order valence-electron chi connectivity index (χ0n) is 9.12. The van der Waals surface area contributed by atoms with Crippen LogP contribution in [0.1, 0.15) is 33.1 Å². The summed E-state index contributed by atoms with van der Waals surface area (Å²) in [6, 6.07) is 0.467. The van der Waals surface area contributed by atoms with Crippen molar-refractivity contribution < 1.29 is 9.84 Å². The lowest BCUT2D eigenvalue weighted by Crippen LogP contribution is -2.44. The Balaban J connectivity index is 1.78. The Morgan fingerprint density at radius 3 is 2.64 bits per heavy atom. The van der Waals surface area contributed by atoms with E-state index in [-0.39, 0.29) is 0 Å². The summed E-state index contributed by atoms with van der Waals surface area (Å²) in [6.07, 6.45) is 4.16. The summed E-state index contributed by atoms with van der Waals surface area (Å²) >= 11 is 0. The van der Waals surface area contributed by atoms with Crippen LogP contribution >= 0.6 is 0 Å². The highest BCUT2D eigenvalue weighted by atomic mass is 16.5. The van der Waals surface area contributed by atoms with Gasteiger partial charge in [-0.05, 0) is 39.0 Å². The van der Waals surface area contributed by atoms with E-state index in [1.165, 1.54) is 12.8 Å². The molecule has 0 aromatic rings. The number of ether oxygens (including phenoxy) is 1. The van der Waals surface area contributed by atoms with Crippen molar-refractivity contribution in [1.29, 1.82) is 0 Å². The number of hydrogen-bond donors (Lipinski definition) is 2. The molecular formula is C11H21NO2. The maximum atomic E-state index is 9.62. The molecule has 2 aliphatic rings. The van der Waals surface area contributed by atoms with Gasteiger partial charge in [0.05, 0.1) is 11.7 Å². The minimum absolute atomic E-state index is 0.414. The highest BCUT2D eigenvalue weighted by molar-refractivity contribution is 4.94. The van der Waals surface area contributed by atoms with Gasteiger partial charge in [-0.3, -0.25) is 0 Å². The third-order valence-electron chi connectivity index (χ3n) is 3.02. The van der Waals surface area contributed by atoms with E-state index in [1.54, 1.807) is 0 Å². The first kappa shape index (κ1) is 10.4. The first-order chi connectivity index (χ1) is 6.56. The zero-order chi connectivity index (χ0) is 10.2. The van der Waals surface area contributed by atoms with E-state index in [9.17, 15) is 5.11 Å². The SMILES string of the molecule is CC(C)(O)CNC1CCOC1C1CC1. The Kier molecular flexibility index (Phi) is 2.82. The fourth-order valence-corrected chi connectivity index (χ4v) is 2.10. The van der Waals surface area contributed by atoms with E-state index >= 15 is 0 Å². The molecule has 1 saturated heterocycles. The Labute approximate surface area is 85.8 Å². The summed E-state index contributed by atoms with van der Waals surface area (Å²) in [4.78, 5) is 0. The van der Waals surface area contributed by atoms with Gasteiger partial charge in [-0.1, -0.05) is 0 Å². The van der Waals surface area contributed by atoms with Crippen molar-refractivity contribution >= 4 is 0 Å². The Morgan fingerprint density at radius 2 is 2.07 bits per heavy atom. The zero-order valence-corrected chi connectivity index (χ0v) is 9.12. The molecule has 2 atom stereocenters. The van der Waals surface area contributed by atoms with Gasteiger partial charge in [-0.25, -0.2) is 0 Å². The molecule has 0 radical (unpaired) electrons. The maximum absolute atomic E-state index is 9.62. The average Bonchev–Trinajstić information content (AvgIpc) is 2.81. The van der Waals surface area contributed by atoms with Crippen molar-refractivity contribution in [3.63, 3.8) is 0 Å². The Bertz CT molecular complexity index is 196. The van der Waals surface area contributed by atoms with E-state index in [0.29, 0.717) is 18.7 Å². The van der Waals surface area contributed by atoms with Gasteiger partial charge in [0.1, 0.15) is 0 Å².